The van der Waals surface area contributed by atoms with Gasteiger partial charge in [-0.15, -0.1) is 0 Å². The number of ether oxygens (including phenoxy) is 3. The highest BCUT2D eigenvalue weighted by molar-refractivity contribution is 6.00. The summed E-state index contributed by atoms with van der Waals surface area (Å²) in [7, 11) is 1.46. The van der Waals surface area contributed by atoms with Gasteiger partial charge in [0.25, 0.3) is 0 Å². The SMILES string of the molecule is CCN(C(=O)Oc1cc2oc3cc4c(c(O)c3c(=O)c2c(CC=C(C)C)c1OC)C=CC(C)(C)O4)c1ccccc1. The van der Waals surface area contributed by atoms with E-state index in [4.69, 9.17) is 18.6 Å². The van der Waals surface area contributed by atoms with Crippen molar-refractivity contribution in [2.24, 2.45) is 0 Å². The largest absolute Gasteiger partial charge is 0.506 e. The van der Waals surface area contributed by atoms with Crippen LogP contribution in [0, 0.1) is 0 Å². The molecule has 41 heavy (non-hydrogen) atoms. The number of phenolic OH excluding ortho intramolecular Hbond substituents is 1. The molecule has 0 aliphatic carbocycles. The molecule has 8 heteroatoms. The van der Waals surface area contributed by atoms with Crippen molar-refractivity contribution in [1.29, 1.82) is 0 Å². The molecule has 3 aromatic carbocycles. The van der Waals surface area contributed by atoms with Gasteiger partial charge in [0, 0.05) is 29.9 Å². The summed E-state index contributed by atoms with van der Waals surface area (Å²) in [5, 5.41) is 11.5. The van der Waals surface area contributed by atoms with Crippen molar-refractivity contribution >= 4 is 39.8 Å². The van der Waals surface area contributed by atoms with E-state index in [2.05, 4.69) is 0 Å². The number of methoxy groups -OCH3 is 1. The van der Waals surface area contributed by atoms with E-state index in [9.17, 15) is 14.7 Å². The summed E-state index contributed by atoms with van der Waals surface area (Å²) < 4.78 is 23.9. The van der Waals surface area contributed by atoms with E-state index < -0.39 is 17.1 Å². The molecule has 1 aromatic heterocycles. The summed E-state index contributed by atoms with van der Waals surface area (Å²) in [6, 6.07) is 12.3. The fourth-order valence-electron chi connectivity index (χ4n) is 5.00. The highest BCUT2D eigenvalue weighted by Gasteiger charge is 2.29. The van der Waals surface area contributed by atoms with Crippen LogP contribution in [-0.4, -0.2) is 30.5 Å². The van der Waals surface area contributed by atoms with Gasteiger partial charge in [-0.3, -0.25) is 9.69 Å². The average molecular weight is 556 g/mol. The van der Waals surface area contributed by atoms with Crippen molar-refractivity contribution in [2.45, 2.75) is 46.6 Å². The number of benzene rings is 3. The summed E-state index contributed by atoms with van der Waals surface area (Å²) >= 11 is 0. The Morgan fingerprint density at radius 3 is 2.46 bits per heavy atom. The molecule has 0 atom stereocenters. The fourth-order valence-corrected chi connectivity index (χ4v) is 5.00. The first-order chi connectivity index (χ1) is 19.5. The first-order valence-electron chi connectivity index (χ1n) is 13.5. The quantitative estimate of drug-likeness (QED) is 0.196. The van der Waals surface area contributed by atoms with Crippen molar-refractivity contribution < 1.29 is 28.5 Å². The standard InChI is InChI=1S/C33H33NO7/c1-7-34(20-11-9-8-10-12-20)32(37)40-26-18-24-27(22(31(26)38-6)14-13-19(2)3)30(36)28-25(39-24)17-23-21(29(28)35)15-16-33(4,5)41-23/h8-13,15-18,35H,7,14H2,1-6H3. The molecule has 1 N–H and O–H groups in total. The van der Waals surface area contributed by atoms with Gasteiger partial charge in [-0.25, -0.2) is 4.79 Å². The monoisotopic (exact) mass is 555 g/mol. The predicted molar refractivity (Wildman–Crippen MR) is 161 cm³/mol. The molecule has 1 amide bonds. The fraction of sp³-hybridized carbons (Fsp3) is 0.273. The number of anilines is 1. The second kappa shape index (κ2) is 10.7. The van der Waals surface area contributed by atoms with Crippen molar-refractivity contribution in [1.82, 2.24) is 0 Å². The van der Waals surface area contributed by atoms with E-state index in [1.54, 1.807) is 12.1 Å². The Morgan fingerprint density at radius 2 is 1.80 bits per heavy atom. The Labute approximate surface area is 238 Å². The molecule has 0 spiro atoms. The van der Waals surface area contributed by atoms with E-state index in [0.717, 1.165) is 5.57 Å². The first-order valence-corrected chi connectivity index (χ1v) is 13.5. The highest BCUT2D eigenvalue weighted by atomic mass is 16.6. The zero-order valence-electron chi connectivity index (χ0n) is 24.0. The lowest BCUT2D eigenvalue weighted by molar-refractivity contribution is 0.158. The van der Waals surface area contributed by atoms with Crippen LogP contribution in [0.2, 0.25) is 0 Å². The molecule has 212 valence electrons. The van der Waals surface area contributed by atoms with Gasteiger partial charge in [0.05, 0.1) is 18.1 Å². The maximum atomic E-state index is 14.1. The summed E-state index contributed by atoms with van der Waals surface area (Å²) in [5.74, 6) is 0.531. The molecular weight excluding hydrogens is 522 g/mol. The smallest absolute Gasteiger partial charge is 0.419 e. The predicted octanol–water partition coefficient (Wildman–Crippen LogP) is 7.38. The van der Waals surface area contributed by atoms with E-state index in [0.29, 0.717) is 35.5 Å². The second-order valence-electron chi connectivity index (χ2n) is 10.7. The maximum absolute atomic E-state index is 14.1. The molecule has 2 heterocycles. The van der Waals surface area contributed by atoms with E-state index >= 15 is 0 Å². The zero-order valence-corrected chi connectivity index (χ0v) is 24.0. The van der Waals surface area contributed by atoms with Gasteiger partial charge in [0.2, 0.25) is 5.43 Å². The molecule has 0 fully saturated rings. The Kier molecular flexibility index (Phi) is 7.26. The van der Waals surface area contributed by atoms with Gasteiger partial charge in [-0.1, -0.05) is 29.8 Å². The average Bonchev–Trinajstić information content (AvgIpc) is 2.91. The van der Waals surface area contributed by atoms with Crippen molar-refractivity contribution in [3.05, 3.63) is 81.5 Å². The number of carbonyl (C=O) groups is 1. The summed E-state index contributed by atoms with van der Waals surface area (Å²) in [4.78, 5) is 28.9. The van der Waals surface area contributed by atoms with Crippen LogP contribution >= 0.6 is 0 Å². The summed E-state index contributed by atoms with van der Waals surface area (Å²) in [6.07, 6.45) is 5.21. The molecule has 0 radical (unpaired) electrons. The minimum absolute atomic E-state index is 0.0377. The van der Waals surface area contributed by atoms with Gasteiger partial charge in [-0.05, 0) is 65.3 Å². The topological polar surface area (TPSA) is 98.4 Å². The molecule has 0 saturated carbocycles. The van der Waals surface area contributed by atoms with Gasteiger partial charge in [0.15, 0.2) is 11.5 Å². The van der Waals surface area contributed by atoms with Crippen molar-refractivity contribution in [2.75, 3.05) is 18.6 Å². The van der Waals surface area contributed by atoms with Gasteiger partial charge < -0.3 is 23.7 Å². The van der Waals surface area contributed by atoms with Gasteiger partial charge >= 0.3 is 6.09 Å². The molecule has 5 rings (SSSR count). The van der Waals surface area contributed by atoms with Crippen molar-refractivity contribution in [3.8, 4) is 23.0 Å². The van der Waals surface area contributed by atoms with Gasteiger partial charge in [-0.2, -0.15) is 0 Å². The molecule has 1 aliphatic rings. The Hall–Kier alpha value is -4.72. The molecule has 8 nitrogen and oxygen atoms in total. The number of aromatic hydroxyl groups is 1. The van der Waals surface area contributed by atoms with Crippen LogP contribution < -0.4 is 24.5 Å². The number of amides is 1. The first kappa shape index (κ1) is 27.8. The molecule has 0 bridgehead atoms. The van der Waals surface area contributed by atoms with E-state index in [1.165, 1.54) is 18.1 Å². The Balaban J connectivity index is 1.75. The number of hydrogen-bond donors (Lipinski definition) is 1. The van der Waals surface area contributed by atoms with Crippen LogP contribution in [0.5, 0.6) is 23.0 Å². The number of hydrogen-bond acceptors (Lipinski definition) is 7. The zero-order chi connectivity index (χ0) is 29.5. The summed E-state index contributed by atoms with van der Waals surface area (Å²) in [5.41, 5.74) is 1.92. The van der Waals surface area contributed by atoms with Crippen molar-refractivity contribution in [3.63, 3.8) is 0 Å². The lowest BCUT2D eigenvalue weighted by atomic mass is 9.97. The normalized spacial score (nSPS) is 13.4. The third-order valence-electron chi connectivity index (χ3n) is 6.99. The van der Waals surface area contributed by atoms with E-state index in [1.807, 2.05) is 77.1 Å². The second-order valence-corrected chi connectivity index (χ2v) is 10.7. The van der Waals surface area contributed by atoms with Crippen LogP contribution in [0.4, 0.5) is 10.5 Å². The van der Waals surface area contributed by atoms with Crippen LogP contribution in [-0.2, 0) is 6.42 Å². The van der Waals surface area contributed by atoms with Crippen LogP contribution in [0.15, 0.2) is 69.4 Å². The van der Waals surface area contributed by atoms with Crippen LogP contribution in [0.3, 0.4) is 0 Å². The lowest BCUT2D eigenvalue weighted by Gasteiger charge is -2.28. The number of nitrogens with zero attached hydrogens (tertiary/aromatic N) is 1. The van der Waals surface area contributed by atoms with Crippen LogP contribution in [0.1, 0.15) is 45.7 Å². The summed E-state index contributed by atoms with van der Waals surface area (Å²) in [6.45, 7) is 9.90. The molecule has 1 aliphatic heterocycles. The number of fused-ring (bicyclic) bond motifs is 3. The minimum Gasteiger partial charge on any atom is -0.506 e. The number of carbonyl (C=O) groups excluding carboxylic acids is 1. The molecule has 0 saturated heterocycles. The minimum atomic E-state index is -0.609. The number of rotatable bonds is 6. The molecule has 0 unspecified atom stereocenters. The Morgan fingerprint density at radius 1 is 1.10 bits per heavy atom. The van der Waals surface area contributed by atoms with E-state index in [-0.39, 0.29) is 39.2 Å². The number of allylic oxidation sites excluding steroid dienone is 2. The highest BCUT2D eigenvalue weighted by Crippen LogP contribution is 2.44. The number of phenols is 1. The van der Waals surface area contributed by atoms with Crippen LogP contribution in [0.25, 0.3) is 28.0 Å². The lowest BCUT2D eigenvalue weighted by Crippen LogP contribution is -2.33. The van der Waals surface area contributed by atoms with Gasteiger partial charge in [0.1, 0.15) is 33.7 Å². The maximum Gasteiger partial charge on any atom is 0.419 e. The third-order valence-corrected chi connectivity index (χ3v) is 6.99. The Bertz CT molecular complexity index is 1780. The molecule has 4 aromatic rings. The third kappa shape index (κ3) is 5.13. The molecular formula is C33H33NO7. The number of para-hydroxylation sites is 1.